The normalized spacial score (nSPS) is 16.3. The molecule has 2 heteroatoms. The Kier molecular flexibility index (Phi) is 14.1. The van der Waals surface area contributed by atoms with Crippen LogP contribution >= 0.6 is 0 Å². The molecule has 3 N–H and O–H groups in total. The van der Waals surface area contributed by atoms with Gasteiger partial charge in [0.25, 0.3) is 0 Å². The summed E-state index contributed by atoms with van der Waals surface area (Å²) in [5.74, 6) is 3.32. The van der Waals surface area contributed by atoms with Crippen molar-refractivity contribution in [1.29, 1.82) is 0 Å². The van der Waals surface area contributed by atoms with Crippen molar-refractivity contribution in [3.8, 4) is 12.0 Å². The van der Waals surface area contributed by atoms with Crippen LogP contribution in [0.15, 0.2) is 0 Å². The molecule has 0 spiro atoms. The first-order valence-corrected chi connectivity index (χ1v) is 13.3. The Bertz CT molecular complexity index is 521. The fourth-order valence-electron chi connectivity index (χ4n) is 5.88. The molecule has 0 aliphatic carbocycles. The highest BCUT2D eigenvalue weighted by molar-refractivity contribution is 5.14. The van der Waals surface area contributed by atoms with Gasteiger partial charge in [-0.2, -0.15) is 0 Å². The van der Waals surface area contributed by atoms with Gasteiger partial charge in [-0.15, -0.1) is 0 Å². The molecular formula is C29H57NO. The number of hydrogen-bond donors (Lipinski definition) is 2. The summed E-state index contributed by atoms with van der Waals surface area (Å²) in [6, 6.07) is 0. The first-order chi connectivity index (χ1) is 14.3. The Labute approximate surface area is 196 Å². The highest BCUT2D eigenvalue weighted by Gasteiger charge is 2.46. The minimum atomic E-state index is -0.218. The van der Waals surface area contributed by atoms with E-state index in [0.717, 1.165) is 12.8 Å². The molecule has 2 atom stereocenters. The van der Waals surface area contributed by atoms with Crippen molar-refractivity contribution in [2.45, 2.75) is 157 Å². The van der Waals surface area contributed by atoms with Gasteiger partial charge in [-0.3, -0.25) is 0 Å². The van der Waals surface area contributed by atoms with Gasteiger partial charge in [-0.1, -0.05) is 111 Å². The molecule has 31 heavy (non-hydrogen) atoms. The molecule has 0 heterocycles. The Balaban J connectivity index is 5.48. The zero-order chi connectivity index (χ0) is 24.0. The molecular weight excluding hydrogens is 378 g/mol. The second-order valence-corrected chi connectivity index (χ2v) is 12.3. The number of hydrogen-bond acceptors (Lipinski definition) is 2. The molecule has 0 saturated heterocycles. The van der Waals surface area contributed by atoms with Crippen LogP contribution in [0.1, 0.15) is 152 Å². The van der Waals surface area contributed by atoms with Crippen molar-refractivity contribution >= 4 is 0 Å². The molecule has 0 rings (SSSR count). The number of rotatable bonds is 18. The molecule has 0 aromatic heterocycles. The summed E-state index contributed by atoms with van der Waals surface area (Å²) in [6.07, 6.45) is 21.1. The van der Waals surface area contributed by atoms with Gasteiger partial charge in [-0.05, 0) is 57.3 Å². The van der Waals surface area contributed by atoms with Gasteiger partial charge in [0.1, 0.15) is 6.11 Å². The van der Waals surface area contributed by atoms with Crippen molar-refractivity contribution in [3.63, 3.8) is 0 Å². The average Bonchev–Trinajstić information content (AvgIpc) is 2.62. The largest absolute Gasteiger partial charge is 0.462 e. The Morgan fingerprint density at radius 3 is 1.45 bits per heavy atom. The topological polar surface area (TPSA) is 46.2 Å². The number of aliphatic hydroxyl groups is 1. The smallest absolute Gasteiger partial charge is 0.108 e. The summed E-state index contributed by atoms with van der Waals surface area (Å²) in [5, 5.41) is 9.72. The zero-order valence-electron chi connectivity index (χ0n) is 22.6. The van der Waals surface area contributed by atoms with Crippen molar-refractivity contribution in [2.24, 2.45) is 22.0 Å². The fourth-order valence-corrected chi connectivity index (χ4v) is 5.88. The maximum absolute atomic E-state index is 9.72. The number of aliphatic hydroxyl groups excluding tert-OH is 1. The number of nitrogens with two attached hydrogens (primary N) is 1. The quantitative estimate of drug-likeness (QED) is 0.167. The van der Waals surface area contributed by atoms with E-state index in [1.165, 1.54) is 83.5 Å². The molecule has 0 aliphatic rings. The van der Waals surface area contributed by atoms with Gasteiger partial charge in [0, 0.05) is 11.0 Å². The summed E-state index contributed by atoms with van der Waals surface area (Å²) in [5.41, 5.74) is 6.16. The first kappa shape index (κ1) is 30.3. The lowest BCUT2D eigenvalue weighted by molar-refractivity contribution is 0.0417. The van der Waals surface area contributed by atoms with E-state index in [9.17, 15) is 5.11 Å². The zero-order valence-corrected chi connectivity index (χ0v) is 22.6. The van der Waals surface area contributed by atoms with Crippen LogP contribution in [-0.2, 0) is 0 Å². The Hall–Kier alpha value is -0.680. The van der Waals surface area contributed by atoms with Crippen LogP contribution in [0.2, 0.25) is 0 Å². The van der Waals surface area contributed by atoms with Gasteiger partial charge < -0.3 is 10.8 Å². The van der Waals surface area contributed by atoms with Crippen LogP contribution in [0.3, 0.4) is 0 Å². The minimum absolute atomic E-state index is 0.0709. The lowest BCUT2D eigenvalue weighted by Gasteiger charge is -2.48. The van der Waals surface area contributed by atoms with Gasteiger partial charge in [0.05, 0.1) is 0 Å². The molecule has 2 unspecified atom stereocenters. The maximum atomic E-state index is 9.72. The van der Waals surface area contributed by atoms with Gasteiger partial charge in [-0.25, -0.2) is 0 Å². The van der Waals surface area contributed by atoms with E-state index < -0.39 is 0 Å². The highest BCUT2D eigenvalue weighted by atomic mass is 16.2. The second kappa shape index (κ2) is 14.5. The second-order valence-electron chi connectivity index (χ2n) is 12.3. The molecule has 0 saturated carbocycles. The first-order valence-electron chi connectivity index (χ1n) is 13.3. The highest BCUT2D eigenvalue weighted by Crippen LogP contribution is 2.53. The van der Waals surface area contributed by atoms with E-state index in [-0.39, 0.29) is 21.8 Å². The van der Waals surface area contributed by atoms with Crippen LogP contribution < -0.4 is 5.73 Å². The van der Waals surface area contributed by atoms with E-state index >= 15 is 0 Å². The molecule has 0 amide bonds. The fraction of sp³-hybridized carbons (Fsp3) is 0.931. The van der Waals surface area contributed by atoms with Crippen LogP contribution in [0.25, 0.3) is 0 Å². The molecule has 0 aromatic carbocycles. The standard InChI is InChI=1S/C29H57NO/c1-9-11-13-15-17-19-21-28(7,20-18-16-14-12-10-2)29(8,22-23-31)25-26(3,4)24-27(5,6)30/h31H,9-21,24-25,30H2,1-8H3. The van der Waals surface area contributed by atoms with E-state index in [1.807, 2.05) is 0 Å². The third kappa shape index (κ3) is 12.8. The van der Waals surface area contributed by atoms with Crippen LogP contribution in [0, 0.1) is 28.3 Å². The van der Waals surface area contributed by atoms with Gasteiger partial charge in [0.15, 0.2) is 0 Å². The summed E-state index contributed by atoms with van der Waals surface area (Å²) in [4.78, 5) is 0. The van der Waals surface area contributed by atoms with Crippen molar-refractivity contribution in [1.82, 2.24) is 0 Å². The lowest BCUT2D eigenvalue weighted by atomic mass is 9.55. The van der Waals surface area contributed by atoms with Crippen LogP contribution in [-0.4, -0.2) is 10.6 Å². The summed E-state index contributed by atoms with van der Waals surface area (Å²) in [7, 11) is 0. The summed E-state index contributed by atoms with van der Waals surface area (Å²) in [6.45, 7) is 18.2. The molecule has 184 valence electrons. The van der Waals surface area contributed by atoms with E-state index in [2.05, 4.69) is 67.4 Å². The predicted molar refractivity (Wildman–Crippen MR) is 139 cm³/mol. The number of unbranched alkanes of at least 4 members (excludes halogenated alkanes) is 9. The predicted octanol–water partition coefficient (Wildman–Crippen LogP) is 8.99. The van der Waals surface area contributed by atoms with Gasteiger partial charge >= 0.3 is 0 Å². The molecule has 2 nitrogen and oxygen atoms in total. The van der Waals surface area contributed by atoms with Crippen LogP contribution in [0.4, 0.5) is 0 Å². The molecule has 0 radical (unpaired) electrons. The monoisotopic (exact) mass is 435 g/mol. The SMILES string of the molecule is CCCCCCCCC(C)(CCCCCCC)C(C)(C#CO)CC(C)(C)CC(C)(C)N. The van der Waals surface area contributed by atoms with Crippen molar-refractivity contribution in [3.05, 3.63) is 0 Å². The average molecular weight is 436 g/mol. The van der Waals surface area contributed by atoms with Gasteiger partial charge in [0.2, 0.25) is 0 Å². The van der Waals surface area contributed by atoms with Crippen LogP contribution in [0.5, 0.6) is 0 Å². The van der Waals surface area contributed by atoms with Crippen molar-refractivity contribution < 1.29 is 5.11 Å². The van der Waals surface area contributed by atoms with E-state index in [0.29, 0.717) is 0 Å². The lowest BCUT2D eigenvalue weighted by Crippen LogP contribution is -2.44. The Morgan fingerprint density at radius 1 is 0.645 bits per heavy atom. The molecule has 0 aliphatic heterocycles. The molecule has 0 fully saturated rings. The molecule has 0 bridgehead atoms. The summed E-state index contributed by atoms with van der Waals surface area (Å²) >= 11 is 0. The maximum Gasteiger partial charge on any atom is 0.108 e. The van der Waals surface area contributed by atoms with E-state index in [4.69, 9.17) is 5.73 Å². The Morgan fingerprint density at radius 2 is 1.06 bits per heavy atom. The third-order valence-corrected chi connectivity index (χ3v) is 7.34. The minimum Gasteiger partial charge on any atom is -0.462 e. The molecule has 0 aromatic rings. The third-order valence-electron chi connectivity index (χ3n) is 7.34. The summed E-state index contributed by atoms with van der Waals surface area (Å²) < 4.78 is 0. The van der Waals surface area contributed by atoms with Crippen molar-refractivity contribution in [2.75, 3.05) is 0 Å². The van der Waals surface area contributed by atoms with E-state index in [1.54, 1.807) is 0 Å².